The van der Waals surface area contributed by atoms with E-state index in [1.807, 2.05) is 0 Å². The molecule has 1 aliphatic carbocycles. The van der Waals surface area contributed by atoms with Gasteiger partial charge in [0.15, 0.2) is 0 Å². The molecule has 4 heteroatoms. The first-order valence-electron chi connectivity index (χ1n) is 3.52. The van der Waals surface area contributed by atoms with Crippen molar-refractivity contribution >= 4 is 0 Å². The fraction of sp³-hybridized carbons (Fsp3) is 0.857. The lowest BCUT2D eigenvalue weighted by atomic mass is 9.76. The maximum atomic E-state index is 12.0. The fourth-order valence-electron chi connectivity index (χ4n) is 1.22. The molecule has 0 radical (unpaired) electrons. The Morgan fingerprint density at radius 2 is 1.91 bits per heavy atom. The molecule has 0 spiro atoms. The van der Waals surface area contributed by atoms with Crippen LogP contribution in [0.15, 0.2) is 0 Å². The van der Waals surface area contributed by atoms with Crippen LogP contribution in [0, 0.1) is 23.2 Å². The van der Waals surface area contributed by atoms with E-state index in [4.69, 9.17) is 5.26 Å². The number of nitrogens with zero attached hydrogens (tertiary/aromatic N) is 1. The molecule has 0 N–H and O–H groups in total. The minimum Gasteiger partial charge on any atom is -0.198 e. The lowest BCUT2D eigenvalue weighted by Crippen LogP contribution is -2.32. The van der Waals surface area contributed by atoms with E-state index < -0.39 is 18.0 Å². The van der Waals surface area contributed by atoms with Crippen LogP contribution in [0.1, 0.15) is 19.3 Å². The van der Waals surface area contributed by atoms with E-state index in [1.54, 1.807) is 0 Å². The second kappa shape index (κ2) is 2.72. The van der Waals surface area contributed by atoms with Gasteiger partial charge in [0.1, 0.15) is 5.92 Å². The molecule has 1 saturated carbocycles. The Morgan fingerprint density at radius 1 is 1.36 bits per heavy atom. The maximum Gasteiger partial charge on any atom is 0.404 e. The lowest BCUT2D eigenvalue weighted by Gasteiger charge is -2.30. The molecular formula is C7H8F3N. The molecule has 11 heavy (non-hydrogen) atoms. The van der Waals surface area contributed by atoms with Crippen molar-refractivity contribution in [2.45, 2.75) is 25.4 Å². The van der Waals surface area contributed by atoms with Crippen molar-refractivity contribution < 1.29 is 13.2 Å². The summed E-state index contributed by atoms with van der Waals surface area (Å²) in [5.41, 5.74) is 0. The van der Waals surface area contributed by atoms with E-state index >= 15 is 0 Å². The second-order valence-corrected chi connectivity index (χ2v) is 2.84. The maximum absolute atomic E-state index is 12.0. The quantitative estimate of drug-likeness (QED) is 0.582. The molecular weight excluding hydrogens is 155 g/mol. The van der Waals surface area contributed by atoms with Crippen LogP contribution in [-0.4, -0.2) is 6.18 Å². The Kier molecular flexibility index (Phi) is 2.08. The summed E-state index contributed by atoms with van der Waals surface area (Å²) in [5.74, 6) is -2.16. The highest BCUT2D eigenvalue weighted by Crippen LogP contribution is 2.41. The average molecular weight is 163 g/mol. The topological polar surface area (TPSA) is 23.8 Å². The van der Waals surface area contributed by atoms with Crippen LogP contribution >= 0.6 is 0 Å². The van der Waals surface area contributed by atoms with Crippen LogP contribution in [0.25, 0.3) is 0 Å². The van der Waals surface area contributed by atoms with Crippen LogP contribution in [0.3, 0.4) is 0 Å². The first-order chi connectivity index (χ1) is 5.05. The summed E-state index contributed by atoms with van der Waals surface area (Å²) in [6.45, 7) is 0. The molecule has 1 fully saturated rings. The summed E-state index contributed by atoms with van der Waals surface area (Å²) >= 11 is 0. The molecule has 0 bridgehead atoms. The number of hydrogen-bond donors (Lipinski definition) is 0. The van der Waals surface area contributed by atoms with Gasteiger partial charge in [0.25, 0.3) is 0 Å². The zero-order valence-electron chi connectivity index (χ0n) is 5.86. The third-order valence-electron chi connectivity index (χ3n) is 2.11. The third kappa shape index (κ3) is 1.65. The summed E-state index contributed by atoms with van der Waals surface area (Å²) in [5, 5.41) is 8.23. The van der Waals surface area contributed by atoms with Crippen molar-refractivity contribution in [1.29, 1.82) is 5.26 Å². The first-order valence-corrected chi connectivity index (χ1v) is 3.52. The highest BCUT2D eigenvalue weighted by Gasteiger charge is 2.46. The molecule has 1 rings (SSSR count). The van der Waals surface area contributed by atoms with E-state index in [0.717, 1.165) is 6.42 Å². The van der Waals surface area contributed by atoms with Gasteiger partial charge in [0.05, 0.1) is 6.07 Å². The Hall–Kier alpha value is -0.720. The smallest absolute Gasteiger partial charge is 0.198 e. The molecule has 1 atom stereocenters. The van der Waals surface area contributed by atoms with Gasteiger partial charge in [-0.2, -0.15) is 18.4 Å². The minimum atomic E-state index is -4.32. The van der Waals surface area contributed by atoms with Gasteiger partial charge in [-0.15, -0.1) is 0 Å². The summed E-state index contributed by atoms with van der Waals surface area (Å²) in [6, 6.07) is 1.32. The number of rotatable bonds is 1. The Labute approximate surface area is 62.8 Å². The van der Waals surface area contributed by atoms with Crippen molar-refractivity contribution in [1.82, 2.24) is 0 Å². The molecule has 0 amide bonds. The van der Waals surface area contributed by atoms with Gasteiger partial charge < -0.3 is 0 Å². The van der Waals surface area contributed by atoms with Crippen molar-refractivity contribution in [2.75, 3.05) is 0 Å². The third-order valence-corrected chi connectivity index (χ3v) is 2.11. The van der Waals surface area contributed by atoms with Gasteiger partial charge in [0.2, 0.25) is 0 Å². The van der Waals surface area contributed by atoms with Crippen molar-refractivity contribution in [3.8, 4) is 6.07 Å². The molecule has 0 saturated heterocycles. The van der Waals surface area contributed by atoms with Gasteiger partial charge >= 0.3 is 6.18 Å². The highest BCUT2D eigenvalue weighted by atomic mass is 19.4. The van der Waals surface area contributed by atoms with Gasteiger partial charge in [0, 0.05) is 0 Å². The monoisotopic (exact) mass is 163 g/mol. The van der Waals surface area contributed by atoms with Gasteiger partial charge in [-0.1, -0.05) is 6.42 Å². The van der Waals surface area contributed by atoms with Crippen LogP contribution < -0.4 is 0 Å². The van der Waals surface area contributed by atoms with Crippen LogP contribution in [0.4, 0.5) is 13.2 Å². The summed E-state index contributed by atoms with van der Waals surface area (Å²) in [4.78, 5) is 0. The molecule has 1 aliphatic rings. The summed E-state index contributed by atoms with van der Waals surface area (Å²) in [7, 11) is 0. The van der Waals surface area contributed by atoms with Crippen molar-refractivity contribution in [2.24, 2.45) is 11.8 Å². The average Bonchev–Trinajstić information content (AvgIpc) is 1.74. The number of nitriles is 1. The van der Waals surface area contributed by atoms with Crippen molar-refractivity contribution in [3.63, 3.8) is 0 Å². The Balaban J connectivity index is 2.57. The molecule has 0 aromatic carbocycles. The minimum absolute atomic E-state index is 0.431. The molecule has 0 aromatic heterocycles. The van der Waals surface area contributed by atoms with E-state index in [-0.39, 0.29) is 0 Å². The van der Waals surface area contributed by atoms with Crippen LogP contribution in [0.2, 0.25) is 0 Å². The fourth-order valence-corrected chi connectivity index (χ4v) is 1.22. The second-order valence-electron chi connectivity index (χ2n) is 2.84. The largest absolute Gasteiger partial charge is 0.404 e. The standard InChI is InChI=1S/C7H8F3N/c8-7(9,10)6(4-11)5-2-1-3-5/h5-6H,1-3H2. The normalized spacial score (nSPS) is 22.0. The molecule has 0 heterocycles. The molecule has 1 unspecified atom stereocenters. The van der Waals surface area contributed by atoms with E-state index in [0.29, 0.717) is 12.8 Å². The van der Waals surface area contributed by atoms with Crippen LogP contribution in [-0.2, 0) is 0 Å². The van der Waals surface area contributed by atoms with Crippen LogP contribution in [0.5, 0.6) is 0 Å². The summed E-state index contributed by atoms with van der Waals surface area (Å²) < 4.78 is 35.9. The molecule has 0 aliphatic heterocycles. The summed E-state index contributed by atoms with van der Waals surface area (Å²) in [6.07, 6.45) is -2.38. The lowest BCUT2D eigenvalue weighted by molar-refractivity contribution is -0.178. The van der Waals surface area contributed by atoms with Crippen molar-refractivity contribution in [3.05, 3.63) is 0 Å². The van der Waals surface area contributed by atoms with E-state index in [2.05, 4.69) is 0 Å². The predicted molar refractivity (Wildman–Crippen MR) is 32.5 cm³/mol. The van der Waals surface area contributed by atoms with Gasteiger partial charge in [-0.05, 0) is 18.8 Å². The number of hydrogen-bond acceptors (Lipinski definition) is 1. The highest BCUT2D eigenvalue weighted by molar-refractivity contribution is 4.95. The number of halogens is 3. The molecule has 62 valence electrons. The molecule has 1 nitrogen and oxygen atoms in total. The zero-order chi connectivity index (χ0) is 8.48. The Morgan fingerprint density at radius 3 is 2.00 bits per heavy atom. The Bertz CT molecular complexity index is 175. The number of alkyl halides is 3. The van der Waals surface area contributed by atoms with Gasteiger partial charge in [-0.25, -0.2) is 0 Å². The first kappa shape index (κ1) is 8.38. The zero-order valence-corrected chi connectivity index (χ0v) is 5.86. The van der Waals surface area contributed by atoms with E-state index in [1.165, 1.54) is 6.07 Å². The SMILES string of the molecule is N#CC(C1CCC1)C(F)(F)F. The van der Waals surface area contributed by atoms with Gasteiger partial charge in [-0.3, -0.25) is 0 Å². The molecule has 0 aromatic rings. The van der Waals surface area contributed by atoms with E-state index in [9.17, 15) is 13.2 Å². The predicted octanol–water partition coefficient (Wildman–Crippen LogP) is 2.49.